The first-order valence-corrected chi connectivity index (χ1v) is 12.4. The van der Waals surface area contributed by atoms with E-state index in [1.54, 1.807) is 33.7 Å². The van der Waals surface area contributed by atoms with Crippen LogP contribution in [0.2, 0.25) is 5.02 Å². The van der Waals surface area contributed by atoms with Crippen LogP contribution in [-0.4, -0.2) is 51.6 Å². The molecule has 2 amide bonds. The minimum Gasteiger partial charge on any atom is -0.322 e. The number of benzene rings is 3. The van der Waals surface area contributed by atoms with Crippen LogP contribution in [0.5, 0.6) is 0 Å². The normalized spacial score (nSPS) is 15.1. The summed E-state index contributed by atoms with van der Waals surface area (Å²) in [7, 11) is 0. The largest absolute Gasteiger partial charge is 0.322 e. The van der Waals surface area contributed by atoms with Gasteiger partial charge in [0.1, 0.15) is 5.82 Å². The van der Waals surface area contributed by atoms with Crippen molar-refractivity contribution in [1.29, 1.82) is 0 Å². The molecule has 1 aliphatic heterocycles. The van der Waals surface area contributed by atoms with Crippen LogP contribution in [0.4, 0.5) is 10.5 Å². The van der Waals surface area contributed by atoms with Gasteiger partial charge in [-0.1, -0.05) is 41.4 Å². The minimum absolute atomic E-state index is 0.0766. The molecule has 184 valence electrons. The molecule has 0 saturated carbocycles. The number of halogens is 1. The van der Waals surface area contributed by atoms with Crippen molar-refractivity contribution in [3.63, 3.8) is 0 Å². The second kappa shape index (κ2) is 10.1. The van der Waals surface area contributed by atoms with Crippen LogP contribution in [-0.2, 0) is 0 Å². The van der Waals surface area contributed by atoms with Crippen LogP contribution >= 0.6 is 11.6 Å². The Hall–Kier alpha value is -3.68. The molecule has 5 rings (SSSR count). The van der Waals surface area contributed by atoms with Gasteiger partial charge in [0, 0.05) is 36.9 Å². The molecule has 3 aromatic carbocycles. The van der Waals surface area contributed by atoms with Gasteiger partial charge in [-0.05, 0) is 62.4 Å². The highest BCUT2D eigenvalue weighted by Crippen LogP contribution is 2.24. The number of carbonyl (C=O) groups is 1. The molecule has 1 unspecified atom stereocenters. The molecule has 0 bridgehead atoms. The molecule has 1 aromatic heterocycles. The molecule has 8 heteroatoms. The average Bonchev–Trinajstić information content (AvgIpc) is 2.90. The lowest BCUT2D eigenvalue weighted by Gasteiger charge is -2.38. The van der Waals surface area contributed by atoms with E-state index in [0.29, 0.717) is 53.6 Å². The number of fused-ring (bicyclic) bond motifs is 1. The van der Waals surface area contributed by atoms with E-state index < -0.39 is 0 Å². The molecule has 1 fully saturated rings. The summed E-state index contributed by atoms with van der Waals surface area (Å²) in [6.07, 6.45) is 0. The lowest BCUT2D eigenvalue weighted by molar-refractivity contribution is 0.115. The first-order valence-electron chi connectivity index (χ1n) is 12.0. The standard InChI is InChI=1S/C28H28ClN5O2/c1-19-7-13-23(14-8-19)34-26(31-25-6-4-3-5-24(25)27(34)35)20(2)32-15-17-33(18-16-32)28(36)30-22-11-9-21(29)10-12-22/h3-14,20H,15-18H2,1-2H3,(H,30,36). The summed E-state index contributed by atoms with van der Waals surface area (Å²) in [5.74, 6) is 0.696. The smallest absolute Gasteiger partial charge is 0.321 e. The zero-order chi connectivity index (χ0) is 25.2. The number of carbonyl (C=O) groups excluding carboxylic acids is 1. The summed E-state index contributed by atoms with van der Waals surface area (Å²) >= 11 is 5.94. The van der Waals surface area contributed by atoms with Gasteiger partial charge in [0.2, 0.25) is 0 Å². The van der Waals surface area contributed by atoms with E-state index in [-0.39, 0.29) is 17.6 Å². The number of anilines is 1. The monoisotopic (exact) mass is 501 g/mol. The molecule has 1 aliphatic rings. The van der Waals surface area contributed by atoms with Crippen LogP contribution in [0.3, 0.4) is 0 Å². The van der Waals surface area contributed by atoms with Crippen molar-refractivity contribution in [3.8, 4) is 5.69 Å². The number of nitrogens with one attached hydrogen (secondary N) is 1. The number of nitrogens with zero attached hydrogens (tertiary/aromatic N) is 4. The quantitative estimate of drug-likeness (QED) is 0.414. The molecule has 0 aliphatic carbocycles. The third-order valence-electron chi connectivity index (χ3n) is 6.71. The van der Waals surface area contributed by atoms with Crippen molar-refractivity contribution in [3.05, 3.63) is 99.6 Å². The van der Waals surface area contributed by atoms with Crippen LogP contribution < -0.4 is 10.9 Å². The maximum absolute atomic E-state index is 13.6. The predicted molar refractivity (Wildman–Crippen MR) is 144 cm³/mol. The number of hydrogen-bond acceptors (Lipinski definition) is 4. The van der Waals surface area contributed by atoms with Crippen molar-refractivity contribution in [2.24, 2.45) is 0 Å². The Morgan fingerprint density at radius 3 is 2.31 bits per heavy atom. The fourth-order valence-corrected chi connectivity index (χ4v) is 4.71. The van der Waals surface area contributed by atoms with E-state index in [4.69, 9.17) is 16.6 Å². The highest BCUT2D eigenvalue weighted by molar-refractivity contribution is 6.30. The van der Waals surface area contributed by atoms with Crippen molar-refractivity contribution in [2.45, 2.75) is 19.9 Å². The molecule has 1 saturated heterocycles. The molecule has 1 atom stereocenters. The van der Waals surface area contributed by atoms with Crippen molar-refractivity contribution >= 4 is 34.2 Å². The number of aromatic nitrogens is 2. The van der Waals surface area contributed by atoms with Gasteiger partial charge < -0.3 is 10.2 Å². The van der Waals surface area contributed by atoms with Gasteiger partial charge >= 0.3 is 6.03 Å². The van der Waals surface area contributed by atoms with E-state index in [0.717, 1.165) is 11.3 Å². The number of rotatable bonds is 4. The Bertz CT molecular complexity index is 1440. The summed E-state index contributed by atoms with van der Waals surface area (Å²) in [6, 6.07) is 22.2. The van der Waals surface area contributed by atoms with E-state index >= 15 is 0 Å². The molecule has 7 nitrogen and oxygen atoms in total. The van der Waals surface area contributed by atoms with E-state index in [1.807, 2.05) is 55.5 Å². The van der Waals surface area contributed by atoms with Crippen molar-refractivity contribution < 1.29 is 4.79 Å². The molecule has 36 heavy (non-hydrogen) atoms. The van der Waals surface area contributed by atoms with E-state index in [1.165, 1.54) is 0 Å². The second-order valence-corrected chi connectivity index (χ2v) is 9.54. The number of hydrogen-bond donors (Lipinski definition) is 1. The number of urea groups is 1. The van der Waals surface area contributed by atoms with E-state index in [9.17, 15) is 9.59 Å². The molecule has 0 radical (unpaired) electrons. The lowest BCUT2D eigenvalue weighted by atomic mass is 10.1. The predicted octanol–water partition coefficient (Wildman–Crippen LogP) is 5.26. The minimum atomic E-state index is -0.134. The molecule has 0 spiro atoms. The maximum Gasteiger partial charge on any atom is 0.321 e. The zero-order valence-electron chi connectivity index (χ0n) is 20.3. The first kappa shape index (κ1) is 24.0. The van der Waals surface area contributed by atoms with E-state index in [2.05, 4.69) is 17.1 Å². The Balaban J connectivity index is 1.38. The Morgan fingerprint density at radius 1 is 0.944 bits per heavy atom. The van der Waals surface area contributed by atoms with Crippen LogP contribution in [0.25, 0.3) is 16.6 Å². The molecular weight excluding hydrogens is 474 g/mol. The number of para-hydroxylation sites is 1. The molecule has 4 aromatic rings. The number of aryl methyl sites for hydroxylation is 1. The molecular formula is C28H28ClN5O2. The van der Waals surface area contributed by atoms with Crippen molar-refractivity contribution in [1.82, 2.24) is 19.4 Å². The summed E-state index contributed by atoms with van der Waals surface area (Å²) in [6.45, 7) is 6.60. The highest BCUT2D eigenvalue weighted by atomic mass is 35.5. The number of piperazine rings is 1. The first-order chi connectivity index (χ1) is 17.4. The highest BCUT2D eigenvalue weighted by Gasteiger charge is 2.28. The van der Waals surface area contributed by atoms with Crippen LogP contribution in [0.15, 0.2) is 77.6 Å². The summed E-state index contributed by atoms with van der Waals surface area (Å²) in [4.78, 5) is 35.4. The Kier molecular flexibility index (Phi) is 6.76. The Morgan fingerprint density at radius 2 is 1.61 bits per heavy atom. The molecule has 1 N–H and O–H groups in total. The Labute approximate surface area is 214 Å². The summed E-state index contributed by atoms with van der Waals surface area (Å²) in [5.41, 5.74) is 3.25. The third-order valence-corrected chi connectivity index (χ3v) is 6.96. The SMILES string of the molecule is Cc1ccc(-n2c(C(C)N3CCN(C(=O)Nc4ccc(Cl)cc4)CC3)nc3ccccc3c2=O)cc1. The third kappa shape index (κ3) is 4.85. The van der Waals surface area contributed by atoms with Crippen molar-refractivity contribution in [2.75, 3.05) is 31.5 Å². The zero-order valence-corrected chi connectivity index (χ0v) is 21.1. The van der Waals surface area contributed by atoms with Gasteiger partial charge in [-0.15, -0.1) is 0 Å². The van der Waals surface area contributed by atoms with Gasteiger partial charge in [-0.2, -0.15) is 0 Å². The van der Waals surface area contributed by atoms with Gasteiger partial charge in [-0.3, -0.25) is 14.3 Å². The molecule has 2 heterocycles. The fourth-order valence-electron chi connectivity index (χ4n) is 4.58. The van der Waals surface area contributed by atoms with Crippen LogP contribution in [0, 0.1) is 6.92 Å². The lowest BCUT2D eigenvalue weighted by Crippen LogP contribution is -2.51. The fraction of sp³-hybridized carbons (Fsp3) is 0.250. The van der Waals surface area contributed by atoms with Gasteiger partial charge in [0.25, 0.3) is 5.56 Å². The van der Waals surface area contributed by atoms with Gasteiger partial charge in [0.05, 0.1) is 22.6 Å². The summed E-state index contributed by atoms with van der Waals surface area (Å²) in [5, 5.41) is 4.15. The second-order valence-electron chi connectivity index (χ2n) is 9.10. The maximum atomic E-state index is 13.6. The number of amides is 2. The van der Waals surface area contributed by atoms with Crippen LogP contribution in [0.1, 0.15) is 24.4 Å². The summed E-state index contributed by atoms with van der Waals surface area (Å²) < 4.78 is 1.73. The topological polar surface area (TPSA) is 70.5 Å². The average molecular weight is 502 g/mol. The van der Waals surface area contributed by atoms with Gasteiger partial charge in [0.15, 0.2) is 0 Å². The van der Waals surface area contributed by atoms with Gasteiger partial charge in [-0.25, -0.2) is 9.78 Å².